The van der Waals surface area contributed by atoms with Crippen LogP contribution in [0.1, 0.15) is 31.2 Å². The van der Waals surface area contributed by atoms with Crippen LogP contribution in [0.3, 0.4) is 0 Å². The van der Waals surface area contributed by atoms with E-state index in [1.165, 1.54) is 25.0 Å². The number of nitrogens with zero attached hydrogens (tertiary/aromatic N) is 1. The van der Waals surface area contributed by atoms with Crippen molar-refractivity contribution in [3.63, 3.8) is 0 Å². The molecule has 0 amide bonds. The van der Waals surface area contributed by atoms with E-state index in [0.29, 0.717) is 0 Å². The third-order valence-corrected chi connectivity index (χ3v) is 5.08. The summed E-state index contributed by atoms with van der Waals surface area (Å²) in [6, 6.07) is 6.32. The van der Waals surface area contributed by atoms with Gasteiger partial charge in [-0.05, 0) is 84.0 Å². The number of rotatable bonds is 13. The number of unbranched alkanes of at least 4 members (excludes halogenated alkanes) is 1. The van der Waals surface area contributed by atoms with E-state index in [-0.39, 0.29) is 34.5 Å². The van der Waals surface area contributed by atoms with Crippen molar-refractivity contribution in [2.24, 2.45) is 11.5 Å². The largest absolute Gasteiger partial charge is 1.00 e. The molecule has 1 aromatic carbocycles. The number of nitrogens with one attached hydrogen (secondary N) is 2. The molecular weight excluding hydrogens is 397 g/mol. The molecule has 0 saturated carbocycles. The van der Waals surface area contributed by atoms with Crippen molar-refractivity contribution in [2.45, 2.75) is 37.5 Å². The fourth-order valence-electron chi connectivity index (χ4n) is 1.95. The first-order chi connectivity index (χ1) is 12.5. The number of benzene rings is 1. The maximum absolute atomic E-state index is 11.0. The van der Waals surface area contributed by atoms with E-state index in [1.807, 2.05) is 6.92 Å². The Balaban J connectivity index is 0. The molecule has 0 saturated heterocycles. The summed E-state index contributed by atoms with van der Waals surface area (Å²) >= 11 is 4.90. The average Bonchev–Trinajstić information content (AvgIpc) is 2.64. The Hall–Kier alpha value is 0.260. The van der Waals surface area contributed by atoms with Crippen LogP contribution in [-0.4, -0.2) is 47.7 Å². The molecular formula is C17H33ClN5NaO2S. The van der Waals surface area contributed by atoms with Crippen molar-refractivity contribution in [1.29, 1.82) is 0 Å². The van der Waals surface area contributed by atoms with Gasteiger partial charge in [-0.2, -0.15) is 0 Å². The molecule has 0 aliphatic carbocycles. The summed E-state index contributed by atoms with van der Waals surface area (Å²) in [4.78, 5) is 0.114. The van der Waals surface area contributed by atoms with Gasteiger partial charge in [-0.1, -0.05) is 17.7 Å². The third-order valence-electron chi connectivity index (χ3n) is 3.48. The number of nitrogens with two attached hydrogens (primary N) is 2. The van der Waals surface area contributed by atoms with Crippen LogP contribution in [0.15, 0.2) is 29.2 Å². The quantitative estimate of drug-likeness (QED) is 0.232. The maximum atomic E-state index is 11.0. The van der Waals surface area contributed by atoms with Gasteiger partial charge in [0.1, 0.15) is 10.0 Å². The molecule has 27 heavy (non-hydrogen) atoms. The van der Waals surface area contributed by atoms with Gasteiger partial charge in [0, 0.05) is 4.90 Å². The Kier molecular flexibility index (Phi) is 21.4. The van der Waals surface area contributed by atoms with E-state index < -0.39 is 10.0 Å². The van der Waals surface area contributed by atoms with Crippen molar-refractivity contribution in [3.8, 4) is 0 Å². The van der Waals surface area contributed by atoms with E-state index in [9.17, 15) is 8.42 Å². The summed E-state index contributed by atoms with van der Waals surface area (Å²) < 4.78 is 24.8. The first kappa shape index (κ1) is 29.5. The summed E-state index contributed by atoms with van der Waals surface area (Å²) in [7, 11) is -3.62. The molecule has 0 aliphatic heterocycles. The van der Waals surface area contributed by atoms with E-state index in [4.69, 9.17) is 23.2 Å². The van der Waals surface area contributed by atoms with Gasteiger partial charge in [0.05, 0.1) is 0 Å². The second-order valence-electron chi connectivity index (χ2n) is 5.85. The monoisotopic (exact) mass is 429 g/mol. The predicted octanol–water partition coefficient (Wildman–Crippen LogP) is -1.14. The molecule has 0 fully saturated rings. The molecule has 7 nitrogen and oxygen atoms in total. The summed E-state index contributed by atoms with van der Waals surface area (Å²) in [6.07, 6.45) is 4.63. The second-order valence-corrected chi connectivity index (χ2v) is 7.82. The molecule has 152 valence electrons. The Morgan fingerprint density at radius 1 is 0.889 bits per heavy atom. The van der Waals surface area contributed by atoms with Gasteiger partial charge >= 0.3 is 29.6 Å². The first-order valence-electron chi connectivity index (χ1n) is 8.94. The number of halogens is 1. The number of sulfonamides is 1. The molecule has 0 bridgehead atoms. The van der Waals surface area contributed by atoms with Crippen LogP contribution in [-0.2, 0) is 10.0 Å². The Bertz CT molecular complexity index is 535. The van der Waals surface area contributed by atoms with Gasteiger partial charge in [-0.15, -0.1) is 0 Å². The van der Waals surface area contributed by atoms with Crippen molar-refractivity contribution in [3.05, 3.63) is 34.1 Å². The number of hydrogen-bond donors (Lipinski definition) is 4. The average molecular weight is 430 g/mol. The van der Waals surface area contributed by atoms with Gasteiger partial charge in [0.15, 0.2) is 0 Å². The second kappa shape index (κ2) is 19.6. The Morgan fingerprint density at radius 3 is 1.67 bits per heavy atom. The SMILES string of the molecule is Cc1ccc(S(=O)(=O)[N-]Cl)cc1.NCCCNCCCCNCCCN.[Na+]. The predicted molar refractivity (Wildman–Crippen MR) is 110 cm³/mol. The fraction of sp³-hybridized carbons (Fsp3) is 0.647. The van der Waals surface area contributed by atoms with Crippen LogP contribution in [0, 0.1) is 6.92 Å². The molecule has 0 heterocycles. The Morgan fingerprint density at radius 2 is 1.30 bits per heavy atom. The minimum atomic E-state index is -3.62. The first-order valence-corrected chi connectivity index (χ1v) is 10.7. The molecule has 0 aromatic heterocycles. The maximum Gasteiger partial charge on any atom is 1.00 e. The van der Waals surface area contributed by atoms with Crippen LogP contribution in [0.4, 0.5) is 0 Å². The zero-order valence-electron chi connectivity index (χ0n) is 16.6. The summed E-state index contributed by atoms with van der Waals surface area (Å²) in [6.45, 7) is 7.76. The smallest absolute Gasteiger partial charge is 0.458 e. The molecule has 1 rings (SSSR count). The van der Waals surface area contributed by atoms with Crippen LogP contribution in [0.2, 0.25) is 0 Å². The Labute approximate surface area is 191 Å². The van der Waals surface area contributed by atoms with Crippen molar-refractivity contribution < 1.29 is 38.0 Å². The zero-order chi connectivity index (χ0) is 19.7. The third kappa shape index (κ3) is 16.9. The molecule has 0 atom stereocenters. The molecule has 6 N–H and O–H groups in total. The fourth-order valence-corrected chi connectivity index (χ4v) is 2.75. The summed E-state index contributed by atoms with van der Waals surface area (Å²) in [5.41, 5.74) is 11.7. The molecule has 0 radical (unpaired) electrons. The number of aryl methyl sites for hydroxylation is 1. The van der Waals surface area contributed by atoms with Gasteiger partial charge in [0.25, 0.3) is 0 Å². The van der Waals surface area contributed by atoms with Gasteiger partial charge in [0.2, 0.25) is 0 Å². The standard InChI is InChI=1S/C10H26N4.C7H7ClNO2S.Na/c11-5-3-9-13-7-1-2-8-14-10-4-6-12;1-6-2-4-7(5-3-6)12(10,11)9-8;/h13-14H,1-12H2;2-5H,1H3;/q;-1;+1. The van der Waals surface area contributed by atoms with E-state index >= 15 is 0 Å². The van der Waals surface area contributed by atoms with E-state index in [2.05, 4.69) is 14.9 Å². The van der Waals surface area contributed by atoms with Crippen LogP contribution >= 0.6 is 11.8 Å². The number of hydrogen-bond acceptors (Lipinski definition) is 6. The minimum Gasteiger partial charge on any atom is -0.458 e. The van der Waals surface area contributed by atoms with Crippen molar-refractivity contribution in [1.82, 2.24) is 10.6 Å². The van der Waals surface area contributed by atoms with Crippen LogP contribution < -0.4 is 51.7 Å². The van der Waals surface area contributed by atoms with Crippen LogP contribution in [0.5, 0.6) is 0 Å². The van der Waals surface area contributed by atoms with Crippen molar-refractivity contribution >= 4 is 21.8 Å². The summed E-state index contributed by atoms with van der Waals surface area (Å²) in [5.74, 6) is 0. The zero-order valence-corrected chi connectivity index (χ0v) is 20.2. The van der Waals surface area contributed by atoms with Crippen LogP contribution in [0.25, 0.3) is 4.24 Å². The molecule has 0 spiro atoms. The normalized spacial score (nSPS) is 10.7. The van der Waals surface area contributed by atoms with Gasteiger partial charge in [-0.25, -0.2) is 8.42 Å². The topological polar surface area (TPSA) is 124 Å². The van der Waals surface area contributed by atoms with E-state index in [0.717, 1.165) is 57.7 Å². The molecule has 10 heteroatoms. The van der Waals surface area contributed by atoms with Crippen molar-refractivity contribution in [2.75, 3.05) is 39.3 Å². The molecule has 1 aromatic rings. The van der Waals surface area contributed by atoms with Gasteiger partial charge < -0.3 is 26.3 Å². The van der Waals surface area contributed by atoms with Gasteiger partial charge in [-0.3, -0.25) is 11.8 Å². The molecule has 0 aliphatic rings. The van der Waals surface area contributed by atoms with E-state index in [1.54, 1.807) is 12.1 Å². The molecule has 0 unspecified atom stereocenters. The summed E-state index contributed by atoms with van der Waals surface area (Å²) in [5, 5.41) is 6.72. The minimum absolute atomic E-state index is 0.